The number of phenolic OH excluding ortho intramolecular Hbond substituents is 1. The first-order valence-electron chi connectivity index (χ1n) is 7.99. The molecule has 0 aliphatic rings. The van der Waals surface area contributed by atoms with Crippen LogP contribution >= 0.6 is 43.2 Å². The van der Waals surface area contributed by atoms with E-state index in [1.54, 1.807) is 32.9 Å². The number of carbonyl (C=O) groups excluding carboxylic acids is 2. The van der Waals surface area contributed by atoms with Gasteiger partial charge in [-0.1, -0.05) is 15.9 Å². The van der Waals surface area contributed by atoms with E-state index < -0.39 is 11.9 Å². The van der Waals surface area contributed by atoms with E-state index in [-0.39, 0.29) is 24.5 Å². The van der Waals surface area contributed by atoms with Gasteiger partial charge in [0.25, 0.3) is 0 Å². The van der Waals surface area contributed by atoms with Crippen LogP contribution in [0.25, 0.3) is 0 Å². The van der Waals surface area contributed by atoms with Gasteiger partial charge >= 0.3 is 11.9 Å². The zero-order valence-corrected chi connectivity index (χ0v) is 18.8. The molecule has 0 fully saturated rings. The largest absolute Gasteiger partial charge is 0.506 e. The van der Waals surface area contributed by atoms with Crippen molar-refractivity contribution in [3.63, 3.8) is 0 Å². The van der Waals surface area contributed by atoms with Crippen molar-refractivity contribution in [3.05, 3.63) is 42.6 Å². The van der Waals surface area contributed by atoms with Gasteiger partial charge in [0.05, 0.1) is 17.7 Å². The minimum Gasteiger partial charge on any atom is -0.506 e. The quantitative estimate of drug-likeness (QED) is 0.409. The predicted octanol–water partition coefficient (Wildman–Crippen LogP) is 5.39. The van der Waals surface area contributed by atoms with Crippen molar-refractivity contribution in [2.45, 2.75) is 20.8 Å². The number of benzene rings is 1. The highest BCUT2D eigenvalue weighted by atomic mass is 79.9. The predicted molar refractivity (Wildman–Crippen MR) is 112 cm³/mol. The number of halogens is 2. The second-order valence-electron chi connectivity index (χ2n) is 5.26. The van der Waals surface area contributed by atoms with Gasteiger partial charge in [-0.3, -0.25) is 0 Å². The molecule has 1 aromatic heterocycles. The third kappa shape index (κ3) is 4.97. The van der Waals surface area contributed by atoms with Crippen molar-refractivity contribution in [2.24, 2.45) is 4.99 Å². The first-order valence-corrected chi connectivity index (χ1v) is 10.4. The minimum absolute atomic E-state index is 0.0125. The van der Waals surface area contributed by atoms with E-state index in [0.29, 0.717) is 25.5 Å². The number of rotatable bonds is 6. The molecule has 1 aromatic carbocycles. The molecule has 0 aliphatic carbocycles. The Morgan fingerprint density at radius 2 is 1.81 bits per heavy atom. The standard InChI is InChI=1S/C18H17Br2NO5S/c1-4-25-17(23)13-9(3)15(18(24)26-5-2)27-16(13)21-8-10-6-11(19)7-12(20)14(10)22/h6-8,22H,4-5H2,1-3H3/b21-8+. The van der Waals surface area contributed by atoms with E-state index in [4.69, 9.17) is 9.47 Å². The molecule has 1 heterocycles. The van der Waals surface area contributed by atoms with Crippen molar-refractivity contribution in [1.82, 2.24) is 0 Å². The lowest BCUT2D eigenvalue weighted by molar-refractivity contribution is 0.0527. The number of phenols is 1. The lowest BCUT2D eigenvalue weighted by Crippen LogP contribution is -2.08. The Labute approximate surface area is 177 Å². The van der Waals surface area contributed by atoms with Crippen molar-refractivity contribution < 1.29 is 24.2 Å². The minimum atomic E-state index is -0.561. The van der Waals surface area contributed by atoms with E-state index in [1.165, 1.54) is 6.21 Å². The summed E-state index contributed by atoms with van der Waals surface area (Å²) < 4.78 is 11.4. The lowest BCUT2D eigenvalue weighted by Gasteiger charge is -2.04. The van der Waals surface area contributed by atoms with Gasteiger partial charge in [-0.2, -0.15) is 0 Å². The number of esters is 2. The number of carbonyl (C=O) groups is 2. The van der Waals surface area contributed by atoms with Crippen LogP contribution in [0.3, 0.4) is 0 Å². The van der Waals surface area contributed by atoms with E-state index in [1.807, 2.05) is 0 Å². The summed E-state index contributed by atoms with van der Waals surface area (Å²) in [6, 6.07) is 3.38. The molecule has 2 rings (SSSR count). The van der Waals surface area contributed by atoms with Crippen LogP contribution in [0.1, 0.15) is 45.0 Å². The Kier molecular flexibility index (Phi) is 7.58. The molecule has 9 heteroatoms. The van der Waals surface area contributed by atoms with Crippen molar-refractivity contribution in [2.75, 3.05) is 13.2 Å². The maximum atomic E-state index is 12.4. The third-order valence-corrected chi connectivity index (χ3v) is 5.69. The van der Waals surface area contributed by atoms with Crippen LogP contribution in [-0.2, 0) is 9.47 Å². The maximum Gasteiger partial charge on any atom is 0.348 e. The Morgan fingerprint density at radius 3 is 2.44 bits per heavy atom. The molecule has 2 aromatic rings. The molecular weight excluding hydrogens is 502 g/mol. The molecule has 27 heavy (non-hydrogen) atoms. The lowest BCUT2D eigenvalue weighted by atomic mass is 10.1. The molecule has 1 N–H and O–H groups in total. The zero-order valence-electron chi connectivity index (χ0n) is 14.8. The summed E-state index contributed by atoms with van der Waals surface area (Å²) in [6.07, 6.45) is 1.42. The fourth-order valence-corrected chi connectivity index (χ4v) is 4.53. The smallest absolute Gasteiger partial charge is 0.348 e. The van der Waals surface area contributed by atoms with Crippen LogP contribution in [0.4, 0.5) is 5.00 Å². The highest BCUT2D eigenvalue weighted by Crippen LogP contribution is 2.37. The van der Waals surface area contributed by atoms with E-state index in [0.717, 1.165) is 15.8 Å². The molecule has 0 aliphatic heterocycles. The van der Waals surface area contributed by atoms with Gasteiger partial charge in [0.2, 0.25) is 0 Å². The van der Waals surface area contributed by atoms with Gasteiger partial charge in [0, 0.05) is 16.3 Å². The second kappa shape index (κ2) is 9.48. The summed E-state index contributed by atoms with van der Waals surface area (Å²) in [5.74, 6) is -1.06. The molecule has 0 saturated heterocycles. The summed E-state index contributed by atoms with van der Waals surface area (Å²) in [5, 5.41) is 10.5. The SMILES string of the molecule is CCOC(=O)c1sc(/N=C/c2cc(Br)cc(Br)c2O)c(C(=O)OCC)c1C. The number of hydrogen-bond acceptors (Lipinski definition) is 7. The molecule has 0 spiro atoms. The monoisotopic (exact) mass is 517 g/mol. The molecular formula is C18H17Br2NO5S. The van der Waals surface area contributed by atoms with Crippen molar-refractivity contribution in [3.8, 4) is 5.75 Å². The summed E-state index contributed by atoms with van der Waals surface area (Å²) in [7, 11) is 0. The van der Waals surface area contributed by atoms with E-state index in [2.05, 4.69) is 36.9 Å². The number of hydrogen-bond donors (Lipinski definition) is 1. The topological polar surface area (TPSA) is 85.2 Å². The highest BCUT2D eigenvalue weighted by molar-refractivity contribution is 9.11. The van der Waals surface area contributed by atoms with Crippen LogP contribution in [0.15, 0.2) is 26.1 Å². The molecule has 0 atom stereocenters. The van der Waals surface area contributed by atoms with Gasteiger partial charge in [-0.25, -0.2) is 14.6 Å². The Balaban J connectivity index is 2.53. The molecule has 6 nitrogen and oxygen atoms in total. The van der Waals surface area contributed by atoms with Gasteiger partial charge in [-0.05, 0) is 54.4 Å². The Morgan fingerprint density at radius 1 is 1.19 bits per heavy atom. The van der Waals surface area contributed by atoms with Gasteiger partial charge in [0.1, 0.15) is 21.2 Å². The van der Waals surface area contributed by atoms with Crippen LogP contribution in [0, 0.1) is 6.92 Å². The van der Waals surface area contributed by atoms with E-state index in [9.17, 15) is 14.7 Å². The summed E-state index contributed by atoms with van der Waals surface area (Å²) >= 11 is 7.65. The average molecular weight is 519 g/mol. The van der Waals surface area contributed by atoms with Crippen LogP contribution in [0.2, 0.25) is 0 Å². The highest BCUT2D eigenvalue weighted by Gasteiger charge is 2.26. The number of aliphatic imine (C=N–C) groups is 1. The molecule has 0 saturated carbocycles. The number of thiophene rings is 1. The first kappa shape index (κ1) is 21.6. The van der Waals surface area contributed by atoms with Crippen LogP contribution < -0.4 is 0 Å². The number of nitrogens with zero attached hydrogens (tertiary/aromatic N) is 1. The number of ether oxygens (including phenoxy) is 2. The number of aromatic hydroxyl groups is 1. The first-order chi connectivity index (χ1) is 12.8. The normalized spacial score (nSPS) is 11.0. The van der Waals surface area contributed by atoms with Crippen molar-refractivity contribution >= 4 is 66.4 Å². The van der Waals surface area contributed by atoms with Crippen LogP contribution in [-0.4, -0.2) is 36.5 Å². The Hall–Kier alpha value is -1.71. The maximum absolute atomic E-state index is 12.4. The summed E-state index contributed by atoms with van der Waals surface area (Å²) in [6.45, 7) is 5.49. The van der Waals surface area contributed by atoms with Gasteiger partial charge in [-0.15, -0.1) is 11.3 Å². The molecule has 0 unspecified atom stereocenters. The summed E-state index contributed by atoms with van der Waals surface area (Å²) in [4.78, 5) is 29.1. The zero-order chi connectivity index (χ0) is 20.1. The fourth-order valence-electron chi connectivity index (χ4n) is 2.24. The molecule has 144 valence electrons. The van der Waals surface area contributed by atoms with Crippen LogP contribution in [0.5, 0.6) is 5.75 Å². The second-order valence-corrected chi connectivity index (χ2v) is 8.03. The van der Waals surface area contributed by atoms with Gasteiger partial charge < -0.3 is 14.6 Å². The molecule has 0 bridgehead atoms. The average Bonchev–Trinajstić information content (AvgIpc) is 2.93. The fraction of sp³-hybridized carbons (Fsp3) is 0.278. The van der Waals surface area contributed by atoms with Gasteiger partial charge in [0.15, 0.2) is 0 Å². The molecule has 0 amide bonds. The third-order valence-electron chi connectivity index (χ3n) is 3.45. The Bertz CT molecular complexity index is 908. The molecule has 0 radical (unpaired) electrons. The van der Waals surface area contributed by atoms with E-state index >= 15 is 0 Å². The summed E-state index contributed by atoms with van der Waals surface area (Å²) in [5.41, 5.74) is 1.12. The van der Waals surface area contributed by atoms with Crippen molar-refractivity contribution in [1.29, 1.82) is 0 Å².